The molecule has 0 aliphatic carbocycles. The minimum absolute atomic E-state index is 0.0226. The van der Waals surface area contributed by atoms with Gasteiger partial charge >= 0.3 is 0 Å². The first-order valence-corrected chi connectivity index (χ1v) is 2.66. The van der Waals surface area contributed by atoms with Gasteiger partial charge in [-0.05, 0) is 0 Å². The number of hydrogen-bond acceptors (Lipinski definition) is 2. The Balaban J connectivity index is 4.03. The highest BCUT2D eigenvalue weighted by atomic mass is 14.7. The normalized spacial score (nSPS) is 14.1. The maximum atomic E-state index is 5.49. The molecule has 0 saturated heterocycles. The minimum Gasteiger partial charge on any atom is -0.403 e. The van der Waals surface area contributed by atoms with E-state index in [1.165, 1.54) is 6.20 Å². The summed E-state index contributed by atoms with van der Waals surface area (Å²) in [6.45, 7) is 6.06. The Morgan fingerprint density at radius 1 is 1.38 bits per heavy atom. The molecule has 0 bridgehead atoms. The summed E-state index contributed by atoms with van der Waals surface area (Å²) < 4.78 is 0. The van der Waals surface area contributed by atoms with Gasteiger partial charge in [-0.15, -0.1) is 0 Å². The van der Waals surface area contributed by atoms with Gasteiger partial charge in [-0.25, -0.2) is 0 Å². The second-order valence-electron chi connectivity index (χ2n) is 2.87. The lowest BCUT2D eigenvalue weighted by Crippen LogP contribution is -2.18. The second-order valence-corrected chi connectivity index (χ2v) is 2.87. The molecule has 2 nitrogen and oxygen atoms in total. The van der Waals surface area contributed by atoms with Gasteiger partial charge in [-0.2, -0.15) is 0 Å². The number of hydrogen-bond donors (Lipinski definition) is 2. The number of rotatable bonds is 0. The Labute approximate surface area is 50.6 Å². The predicted octanol–water partition coefficient (Wildman–Crippen LogP) is 0.791. The summed E-state index contributed by atoms with van der Waals surface area (Å²) in [5.41, 5.74) is 11.4. The standard InChI is InChI=1S/C6H14N2/c1-6(2,3)5(8)4-7/h4H,7-8H2,1-3H3/b5-4-. The smallest absolute Gasteiger partial charge is 0.0292 e. The van der Waals surface area contributed by atoms with E-state index in [4.69, 9.17) is 11.5 Å². The van der Waals surface area contributed by atoms with Crippen LogP contribution in [0.1, 0.15) is 20.8 Å². The minimum atomic E-state index is 0.0226. The quantitative estimate of drug-likeness (QED) is 0.489. The highest BCUT2D eigenvalue weighted by molar-refractivity contribution is 5.03. The maximum Gasteiger partial charge on any atom is 0.0292 e. The molecule has 0 aromatic rings. The molecular formula is C6H14N2. The fourth-order valence-corrected chi connectivity index (χ4v) is 0.250. The van der Waals surface area contributed by atoms with Crippen molar-refractivity contribution in [2.75, 3.05) is 0 Å². The molecule has 4 N–H and O–H groups in total. The molecule has 48 valence electrons. The molecule has 0 aromatic carbocycles. The van der Waals surface area contributed by atoms with Gasteiger partial charge in [0.05, 0.1) is 0 Å². The Kier molecular flexibility index (Phi) is 1.90. The summed E-state index contributed by atoms with van der Waals surface area (Å²) in [4.78, 5) is 0. The van der Waals surface area contributed by atoms with Gasteiger partial charge in [0.2, 0.25) is 0 Å². The van der Waals surface area contributed by atoms with Crippen molar-refractivity contribution < 1.29 is 0 Å². The lowest BCUT2D eigenvalue weighted by molar-refractivity contribution is 0.496. The molecular weight excluding hydrogens is 100 g/mol. The van der Waals surface area contributed by atoms with E-state index in [0.29, 0.717) is 0 Å². The van der Waals surface area contributed by atoms with E-state index in [1.54, 1.807) is 0 Å². The molecule has 0 fully saturated rings. The molecule has 0 saturated carbocycles. The molecule has 0 aromatic heterocycles. The predicted molar refractivity (Wildman–Crippen MR) is 35.9 cm³/mol. The fourth-order valence-electron chi connectivity index (χ4n) is 0.250. The van der Waals surface area contributed by atoms with Crippen LogP contribution in [0.3, 0.4) is 0 Å². The van der Waals surface area contributed by atoms with Crippen molar-refractivity contribution >= 4 is 0 Å². The van der Waals surface area contributed by atoms with Gasteiger partial charge < -0.3 is 11.5 Å². The maximum absolute atomic E-state index is 5.49. The molecule has 0 amide bonds. The van der Waals surface area contributed by atoms with Crippen LogP contribution in [0.15, 0.2) is 11.9 Å². The number of nitrogens with two attached hydrogens (primary N) is 2. The van der Waals surface area contributed by atoms with Crippen LogP contribution in [0.5, 0.6) is 0 Å². The fraction of sp³-hybridized carbons (Fsp3) is 0.667. The number of allylic oxidation sites excluding steroid dienone is 1. The second kappa shape index (κ2) is 2.07. The highest BCUT2D eigenvalue weighted by Crippen LogP contribution is 2.18. The van der Waals surface area contributed by atoms with E-state index in [2.05, 4.69) is 0 Å². The van der Waals surface area contributed by atoms with E-state index in [-0.39, 0.29) is 5.41 Å². The zero-order valence-corrected chi connectivity index (χ0v) is 5.73. The monoisotopic (exact) mass is 114 g/mol. The summed E-state index contributed by atoms with van der Waals surface area (Å²) in [5.74, 6) is 0. The summed E-state index contributed by atoms with van der Waals surface area (Å²) in [7, 11) is 0. The average Bonchev–Trinajstić information content (AvgIpc) is 1.62. The van der Waals surface area contributed by atoms with Crippen molar-refractivity contribution in [3.63, 3.8) is 0 Å². The van der Waals surface area contributed by atoms with Gasteiger partial charge in [0, 0.05) is 17.3 Å². The third-order valence-corrected chi connectivity index (χ3v) is 1.05. The Bertz CT molecular complexity index is 97.6. The molecule has 0 rings (SSSR count). The third-order valence-electron chi connectivity index (χ3n) is 1.05. The van der Waals surface area contributed by atoms with E-state index < -0.39 is 0 Å². The summed E-state index contributed by atoms with van der Waals surface area (Å²) in [6, 6.07) is 0. The molecule has 0 spiro atoms. The first kappa shape index (κ1) is 7.34. The lowest BCUT2D eigenvalue weighted by atomic mass is 9.93. The third kappa shape index (κ3) is 1.87. The molecule has 8 heavy (non-hydrogen) atoms. The van der Waals surface area contributed by atoms with Crippen LogP contribution in [-0.2, 0) is 0 Å². The largest absolute Gasteiger partial charge is 0.403 e. The Hall–Kier alpha value is -0.660. The van der Waals surface area contributed by atoms with Gasteiger partial charge in [-0.3, -0.25) is 0 Å². The topological polar surface area (TPSA) is 52.0 Å². The van der Waals surface area contributed by atoms with Crippen LogP contribution in [0.25, 0.3) is 0 Å². The zero-order chi connectivity index (χ0) is 6.78. The SMILES string of the molecule is CC(C)(C)/C(N)=C/N. The van der Waals surface area contributed by atoms with Crippen LogP contribution in [-0.4, -0.2) is 0 Å². The Morgan fingerprint density at radius 2 is 1.75 bits per heavy atom. The molecule has 0 aliphatic rings. The summed E-state index contributed by atoms with van der Waals surface area (Å²) in [5, 5.41) is 0. The van der Waals surface area contributed by atoms with Crippen molar-refractivity contribution in [3.05, 3.63) is 11.9 Å². The van der Waals surface area contributed by atoms with E-state index in [1.807, 2.05) is 20.8 Å². The van der Waals surface area contributed by atoms with Crippen LogP contribution in [0.4, 0.5) is 0 Å². The van der Waals surface area contributed by atoms with Crippen molar-refractivity contribution in [1.29, 1.82) is 0 Å². The van der Waals surface area contributed by atoms with E-state index >= 15 is 0 Å². The van der Waals surface area contributed by atoms with Gasteiger partial charge in [0.15, 0.2) is 0 Å². The first-order valence-electron chi connectivity index (χ1n) is 2.66. The molecule has 0 unspecified atom stereocenters. The highest BCUT2D eigenvalue weighted by Gasteiger charge is 2.11. The first-order chi connectivity index (χ1) is 3.48. The van der Waals surface area contributed by atoms with E-state index in [0.717, 1.165) is 5.70 Å². The lowest BCUT2D eigenvalue weighted by Gasteiger charge is -2.17. The molecule has 0 radical (unpaired) electrons. The molecule has 0 heterocycles. The van der Waals surface area contributed by atoms with Crippen LogP contribution in [0, 0.1) is 5.41 Å². The van der Waals surface area contributed by atoms with Crippen molar-refractivity contribution in [2.24, 2.45) is 16.9 Å². The van der Waals surface area contributed by atoms with Crippen molar-refractivity contribution in [2.45, 2.75) is 20.8 Å². The van der Waals surface area contributed by atoms with E-state index in [9.17, 15) is 0 Å². The average molecular weight is 114 g/mol. The molecule has 0 atom stereocenters. The van der Waals surface area contributed by atoms with Crippen LogP contribution in [0.2, 0.25) is 0 Å². The van der Waals surface area contributed by atoms with Gasteiger partial charge in [-0.1, -0.05) is 20.8 Å². The molecule has 0 aliphatic heterocycles. The zero-order valence-electron chi connectivity index (χ0n) is 5.73. The van der Waals surface area contributed by atoms with Crippen molar-refractivity contribution in [3.8, 4) is 0 Å². The van der Waals surface area contributed by atoms with Gasteiger partial charge in [0.25, 0.3) is 0 Å². The molecule has 2 heteroatoms. The van der Waals surface area contributed by atoms with Crippen LogP contribution < -0.4 is 11.5 Å². The Morgan fingerprint density at radius 3 is 1.75 bits per heavy atom. The summed E-state index contributed by atoms with van der Waals surface area (Å²) in [6.07, 6.45) is 1.44. The van der Waals surface area contributed by atoms with Crippen molar-refractivity contribution in [1.82, 2.24) is 0 Å². The summed E-state index contributed by atoms with van der Waals surface area (Å²) >= 11 is 0. The van der Waals surface area contributed by atoms with Crippen LogP contribution >= 0.6 is 0 Å². The van der Waals surface area contributed by atoms with Gasteiger partial charge in [0.1, 0.15) is 0 Å².